The molecule has 0 aliphatic heterocycles. The Kier molecular flexibility index (Phi) is 5.43. The number of hydrogen-bond donors (Lipinski definition) is 1. The summed E-state index contributed by atoms with van der Waals surface area (Å²) in [4.78, 5) is 2.60. The van der Waals surface area contributed by atoms with Crippen LogP contribution in [-0.2, 0) is 6.54 Å². The van der Waals surface area contributed by atoms with Crippen LogP contribution in [-0.4, -0.2) is 24.0 Å². The Bertz CT molecular complexity index is 419. The first-order chi connectivity index (χ1) is 9.15. The van der Waals surface area contributed by atoms with Gasteiger partial charge in [-0.15, -0.1) is 0 Å². The molecular formula is C16H25BrN2. The monoisotopic (exact) mass is 324 g/mol. The number of halogens is 1. The maximum Gasteiger partial charge on any atom is 0.0247 e. The minimum Gasteiger partial charge on any atom is -0.330 e. The topological polar surface area (TPSA) is 29.3 Å². The van der Waals surface area contributed by atoms with E-state index in [2.05, 4.69) is 52.9 Å². The first kappa shape index (κ1) is 15.0. The summed E-state index contributed by atoms with van der Waals surface area (Å²) in [6, 6.07) is 7.32. The van der Waals surface area contributed by atoms with Gasteiger partial charge in [-0.2, -0.15) is 0 Å². The van der Waals surface area contributed by atoms with Crippen molar-refractivity contribution in [3.05, 3.63) is 33.8 Å². The molecule has 2 atom stereocenters. The Morgan fingerprint density at radius 3 is 2.79 bits per heavy atom. The van der Waals surface area contributed by atoms with Crippen molar-refractivity contribution >= 4 is 15.9 Å². The molecule has 0 amide bonds. The predicted octanol–water partition coefficient (Wildman–Crippen LogP) is 3.71. The standard InChI is InChI=1S/C16H25BrN2/c1-3-19(16-6-4-5-13(16)10-18)11-14-8-7-12(2)9-15(14)17/h7-9,13,16H,3-6,10-11,18H2,1-2H3. The van der Waals surface area contributed by atoms with Crippen LogP contribution < -0.4 is 5.73 Å². The molecule has 2 N–H and O–H groups in total. The average Bonchev–Trinajstić information content (AvgIpc) is 2.86. The maximum atomic E-state index is 5.92. The Hall–Kier alpha value is -0.380. The van der Waals surface area contributed by atoms with Crippen LogP contribution in [0.4, 0.5) is 0 Å². The number of aryl methyl sites for hydroxylation is 1. The molecule has 2 rings (SSSR count). The summed E-state index contributed by atoms with van der Waals surface area (Å²) in [5.74, 6) is 0.684. The summed E-state index contributed by atoms with van der Waals surface area (Å²) in [6.07, 6.45) is 3.93. The Morgan fingerprint density at radius 2 is 2.16 bits per heavy atom. The second-order valence-corrected chi connectivity index (χ2v) is 6.51. The zero-order chi connectivity index (χ0) is 13.8. The predicted molar refractivity (Wildman–Crippen MR) is 85.1 cm³/mol. The van der Waals surface area contributed by atoms with Crippen LogP contribution in [0.25, 0.3) is 0 Å². The highest BCUT2D eigenvalue weighted by molar-refractivity contribution is 9.10. The van der Waals surface area contributed by atoms with Crippen molar-refractivity contribution in [2.75, 3.05) is 13.1 Å². The van der Waals surface area contributed by atoms with Crippen molar-refractivity contribution in [3.63, 3.8) is 0 Å². The van der Waals surface area contributed by atoms with E-state index in [0.29, 0.717) is 12.0 Å². The minimum atomic E-state index is 0.670. The second kappa shape index (κ2) is 6.87. The van der Waals surface area contributed by atoms with Gasteiger partial charge in [0.05, 0.1) is 0 Å². The Morgan fingerprint density at radius 1 is 1.37 bits per heavy atom. The third kappa shape index (κ3) is 3.59. The lowest BCUT2D eigenvalue weighted by atomic mass is 10.0. The molecular weight excluding hydrogens is 300 g/mol. The fourth-order valence-corrected chi connectivity index (χ4v) is 3.85. The molecule has 0 saturated heterocycles. The first-order valence-corrected chi connectivity index (χ1v) is 8.14. The molecule has 3 heteroatoms. The molecule has 2 nitrogen and oxygen atoms in total. The fraction of sp³-hybridized carbons (Fsp3) is 0.625. The third-order valence-corrected chi connectivity index (χ3v) is 5.12. The number of rotatable bonds is 5. The van der Waals surface area contributed by atoms with Gasteiger partial charge in [-0.05, 0) is 56.0 Å². The largest absolute Gasteiger partial charge is 0.330 e. The first-order valence-electron chi connectivity index (χ1n) is 7.34. The second-order valence-electron chi connectivity index (χ2n) is 5.65. The lowest BCUT2D eigenvalue weighted by Gasteiger charge is -2.32. The molecule has 1 fully saturated rings. The van der Waals surface area contributed by atoms with Crippen LogP contribution >= 0.6 is 15.9 Å². The van der Waals surface area contributed by atoms with Crippen LogP contribution in [0.3, 0.4) is 0 Å². The molecule has 106 valence electrons. The molecule has 0 bridgehead atoms. The molecule has 19 heavy (non-hydrogen) atoms. The van der Waals surface area contributed by atoms with Crippen molar-refractivity contribution in [3.8, 4) is 0 Å². The Labute approximate surface area is 125 Å². The van der Waals surface area contributed by atoms with Crippen LogP contribution in [0.1, 0.15) is 37.3 Å². The van der Waals surface area contributed by atoms with Gasteiger partial charge < -0.3 is 5.73 Å². The van der Waals surface area contributed by atoms with E-state index in [1.807, 2.05) is 0 Å². The van der Waals surface area contributed by atoms with Crippen molar-refractivity contribution in [1.82, 2.24) is 4.90 Å². The molecule has 0 aromatic heterocycles. The number of nitrogens with two attached hydrogens (primary N) is 1. The van der Waals surface area contributed by atoms with E-state index in [9.17, 15) is 0 Å². The van der Waals surface area contributed by atoms with Gasteiger partial charge in [0.2, 0.25) is 0 Å². The molecule has 1 saturated carbocycles. The van der Waals surface area contributed by atoms with Gasteiger partial charge in [-0.25, -0.2) is 0 Å². The highest BCUT2D eigenvalue weighted by atomic mass is 79.9. The lowest BCUT2D eigenvalue weighted by molar-refractivity contribution is 0.162. The SMILES string of the molecule is CCN(Cc1ccc(C)cc1Br)C1CCCC1CN. The lowest BCUT2D eigenvalue weighted by Crippen LogP contribution is -2.39. The van der Waals surface area contributed by atoms with E-state index in [1.54, 1.807) is 0 Å². The molecule has 0 spiro atoms. The quantitative estimate of drug-likeness (QED) is 0.894. The van der Waals surface area contributed by atoms with Crippen LogP contribution in [0.5, 0.6) is 0 Å². The zero-order valence-corrected chi connectivity index (χ0v) is 13.6. The maximum absolute atomic E-state index is 5.92. The molecule has 0 radical (unpaired) electrons. The smallest absolute Gasteiger partial charge is 0.0247 e. The van der Waals surface area contributed by atoms with Gasteiger partial charge in [0, 0.05) is 17.1 Å². The molecule has 2 unspecified atom stereocenters. The summed E-state index contributed by atoms with van der Waals surface area (Å²) in [5.41, 5.74) is 8.61. The van der Waals surface area contributed by atoms with E-state index in [4.69, 9.17) is 5.73 Å². The van der Waals surface area contributed by atoms with Crippen molar-refractivity contribution in [1.29, 1.82) is 0 Å². The number of benzene rings is 1. The summed E-state index contributed by atoms with van der Waals surface area (Å²) < 4.78 is 1.23. The van der Waals surface area contributed by atoms with Crippen molar-refractivity contribution in [2.24, 2.45) is 11.7 Å². The Balaban J connectivity index is 2.10. The number of nitrogens with zero attached hydrogens (tertiary/aromatic N) is 1. The van der Waals surface area contributed by atoms with Gasteiger partial charge in [-0.3, -0.25) is 4.90 Å². The summed E-state index contributed by atoms with van der Waals surface area (Å²) >= 11 is 3.69. The van der Waals surface area contributed by atoms with Crippen LogP contribution in [0, 0.1) is 12.8 Å². The van der Waals surface area contributed by atoms with Crippen molar-refractivity contribution < 1.29 is 0 Å². The van der Waals surface area contributed by atoms with E-state index in [1.165, 1.54) is 34.9 Å². The summed E-state index contributed by atoms with van der Waals surface area (Å²) in [6.45, 7) is 7.35. The van der Waals surface area contributed by atoms with E-state index in [0.717, 1.165) is 19.6 Å². The number of hydrogen-bond acceptors (Lipinski definition) is 2. The average molecular weight is 325 g/mol. The van der Waals surface area contributed by atoms with Crippen LogP contribution in [0.2, 0.25) is 0 Å². The summed E-state index contributed by atoms with van der Waals surface area (Å²) in [7, 11) is 0. The van der Waals surface area contributed by atoms with E-state index in [-0.39, 0.29) is 0 Å². The van der Waals surface area contributed by atoms with Gasteiger partial charge in [0.25, 0.3) is 0 Å². The molecule has 1 aromatic rings. The van der Waals surface area contributed by atoms with E-state index < -0.39 is 0 Å². The van der Waals surface area contributed by atoms with Gasteiger partial charge >= 0.3 is 0 Å². The van der Waals surface area contributed by atoms with E-state index >= 15 is 0 Å². The molecule has 0 heterocycles. The molecule has 1 aliphatic rings. The van der Waals surface area contributed by atoms with Gasteiger partial charge in [0.1, 0.15) is 0 Å². The highest BCUT2D eigenvalue weighted by Gasteiger charge is 2.30. The zero-order valence-electron chi connectivity index (χ0n) is 12.0. The van der Waals surface area contributed by atoms with Gasteiger partial charge in [-0.1, -0.05) is 41.4 Å². The van der Waals surface area contributed by atoms with Crippen LogP contribution in [0.15, 0.2) is 22.7 Å². The normalized spacial score (nSPS) is 23.2. The third-order valence-electron chi connectivity index (χ3n) is 4.38. The fourth-order valence-electron chi connectivity index (χ4n) is 3.24. The minimum absolute atomic E-state index is 0.670. The summed E-state index contributed by atoms with van der Waals surface area (Å²) in [5, 5.41) is 0. The highest BCUT2D eigenvalue weighted by Crippen LogP contribution is 2.31. The van der Waals surface area contributed by atoms with Crippen molar-refractivity contribution in [2.45, 2.75) is 45.7 Å². The van der Waals surface area contributed by atoms with Gasteiger partial charge in [0.15, 0.2) is 0 Å². The molecule has 1 aliphatic carbocycles. The molecule has 1 aromatic carbocycles.